The van der Waals surface area contributed by atoms with Gasteiger partial charge in [-0.05, 0) is 24.5 Å². The van der Waals surface area contributed by atoms with Crippen LogP contribution in [-0.4, -0.2) is 31.1 Å². The molecular weight excluding hydrogens is 372 g/mol. The van der Waals surface area contributed by atoms with E-state index < -0.39 is 10.0 Å². The summed E-state index contributed by atoms with van der Waals surface area (Å²) in [6.45, 7) is 4.55. The summed E-state index contributed by atoms with van der Waals surface area (Å²) in [7, 11) is -3.73. The average Bonchev–Trinajstić information content (AvgIpc) is 3.12. The first-order valence-electron chi connectivity index (χ1n) is 8.65. The lowest BCUT2D eigenvalue weighted by Gasteiger charge is -2.14. The predicted octanol–water partition coefficient (Wildman–Crippen LogP) is 3.29. The molecule has 142 valence electrons. The van der Waals surface area contributed by atoms with Gasteiger partial charge in [0.2, 0.25) is 9.47 Å². The fourth-order valence-corrected chi connectivity index (χ4v) is 4.41. The second-order valence-corrected chi connectivity index (χ2v) is 8.88. The largest absolute Gasteiger partial charge is 0.296 e. The van der Waals surface area contributed by atoms with Crippen LogP contribution in [0.1, 0.15) is 49.9 Å². The van der Waals surface area contributed by atoms with E-state index in [0.29, 0.717) is 18.0 Å². The fourth-order valence-electron chi connectivity index (χ4n) is 2.36. The summed E-state index contributed by atoms with van der Waals surface area (Å²) in [6.07, 6.45) is 4.07. The molecule has 0 aliphatic heterocycles. The van der Waals surface area contributed by atoms with Crippen molar-refractivity contribution in [1.29, 1.82) is 0 Å². The van der Waals surface area contributed by atoms with Gasteiger partial charge in [-0.2, -0.15) is 0 Å². The normalized spacial score (nSPS) is 12.7. The van der Waals surface area contributed by atoms with Crippen LogP contribution in [0.25, 0.3) is 0 Å². The Morgan fingerprint density at radius 2 is 1.92 bits per heavy atom. The molecule has 1 atom stereocenters. The second kappa shape index (κ2) is 9.75. The Morgan fingerprint density at radius 3 is 2.58 bits per heavy atom. The molecule has 0 fully saturated rings. The molecule has 0 aliphatic rings. The maximum absolute atomic E-state index is 12.4. The van der Waals surface area contributed by atoms with Gasteiger partial charge in [-0.3, -0.25) is 10.1 Å². The number of nitrogens with zero attached hydrogens (tertiary/aromatic N) is 2. The Kier molecular flexibility index (Phi) is 7.67. The van der Waals surface area contributed by atoms with Gasteiger partial charge >= 0.3 is 0 Å². The Morgan fingerprint density at radius 1 is 1.19 bits per heavy atom. The Balaban J connectivity index is 1.97. The highest BCUT2D eigenvalue weighted by Crippen LogP contribution is 2.21. The van der Waals surface area contributed by atoms with Crippen molar-refractivity contribution in [2.45, 2.75) is 43.9 Å². The Labute approximate surface area is 158 Å². The molecule has 2 N–H and O–H groups in total. The van der Waals surface area contributed by atoms with Crippen LogP contribution >= 0.6 is 11.3 Å². The standard InChI is InChI=1S/C17H24N4O3S2/c1-3-5-9-13(4-2)12-18-26(23,24)17-21-20-16(25-17)19-15(22)14-10-7-6-8-11-14/h6-8,10-11,13,18H,3-5,9,12H2,1-2H3,(H,19,20,22). The monoisotopic (exact) mass is 396 g/mol. The minimum absolute atomic E-state index is 0.147. The molecule has 26 heavy (non-hydrogen) atoms. The number of sulfonamides is 1. The van der Waals surface area contributed by atoms with Crippen LogP contribution in [0.5, 0.6) is 0 Å². The number of anilines is 1. The average molecular weight is 397 g/mol. The van der Waals surface area contributed by atoms with Crippen LogP contribution in [-0.2, 0) is 10.0 Å². The highest BCUT2D eigenvalue weighted by molar-refractivity contribution is 7.91. The maximum Gasteiger partial charge on any atom is 0.269 e. The molecule has 1 amide bonds. The summed E-state index contributed by atoms with van der Waals surface area (Å²) in [5, 5.41) is 10.2. The lowest BCUT2D eigenvalue weighted by Crippen LogP contribution is -2.29. The lowest BCUT2D eigenvalue weighted by molar-refractivity contribution is 0.102. The molecule has 2 rings (SSSR count). The van der Waals surface area contributed by atoms with Crippen LogP contribution in [0.15, 0.2) is 34.7 Å². The van der Waals surface area contributed by atoms with Gasteiger partial charge in [0.05, 0.1) is 0 Å². The molecule has 0 radical (unpaired) electrons. The van der Waals surface area contributed by atoms with Crippen LogP contribution < -0.4 is 10.0 Å². The molecule has 0 bridgehead atoms. The van der Waals surface area contributed by atoms with E-state index >= 15 is 0 Å². The zero-order chi connectivity index (χ0) is 19.0. The van der Waals surface area contributed by atoms with Crippen molar-refractivity contribution in [3.8, 4) is 0 Å². The van der Waals surface area contributed by atoms with Crippen LogP contribution in [0.3, 0.4) is 0 Å². The molecule has 1 unspecified atom stereocenters. The minimum Gasteiger partial charge on any atom is -0.296 e. The summed E-state index contributed by atoms with van der Waals surface area (Å²) in [5.74, 6) is -0.0563. The number of amides is 1. The van der Waals surface area contributed by atoms with E-state index in [-0.39, 0.29) is 15.4 Å². The molecule has 0 aliphatic carbocycles. The first-order valence-corrected chi connectivity index (χ1v) is 11.0. The van der Waals surface area contributed by atoms with Crippen LogP contribution in [0.4, 0.5) is 5.13 Å². The highest BCUT2D eigenvalue weighted by Gasteiger charge is 2.22. The number of aromatic nitrogens is 2. The summed E-state index contributed by atoms with van der Waals surface area (Å²) >= 11 is 0.835. The molecule has 1 aromatic carbocycles. The fraction of sp³-hybridized carbons (Fsp3) is 0.471. The first-order chi connectivity index (χ1) is 12.5. The number of carbonyl (C=O) groups excluding carboxylic acids is 1. The zero-order valence-electron chi connectivity index (χ0n) is 14.9. The Bertz CT molecular complexity index is 806. The smallest absolute Gasteiger partial charge is 0.269 e. The minimum atomic E-state index is -3.73. The third kappa shape index (κ3) is 5.86. The van der Waals surface area contributed by atoms with E-state index in [4.69, 9.17) is 0 Å². The summed E-state index contributed by atoms with van der Waals surface area (Å²) in [6, 6.07) is 8.63. The van der Waals surface area contributed by atoms with Crippen molar-refractivity contribution in [3.63, 3.8) is 0 Å². The summed E-state index contributed by atoms with van der Waals surface area (Å²) in [5.41, 5.74) is 0.465. The third-order valence-corrected chi connectivity index (χ3v) is 6.63. The molecular formula is C17H24N4O3S2. The van der Waals surface area contributed by atoms with E-state index in [1.807, 2.05) is 6.07 Å². The molecule has 7 nitrogen and oxygen atoms in total. The molecule has 2 aromatic rings. The first kappa shape index (κ1) is 20.5. The number of hydrogen-bond donors (Lipinski definition) is 2. The SMILES string of the molecule is CCCCC(CC)CNS(=O)(=O)c1nnc(NC(=O)c2ccccc2)s1. The quantitative estimate of drug-likeness (QED) is 0.600. The number of carbonyl (C=O) groups is 1. The number of rotatable bonds is 10. The van der Waals surface area contributed by atoms with E-state index in [1.54, 1.807) is 24.3 Å². The van der Waals surface area contributed by atoms with Crippen LogP contribution in [0, 0.1) is 5.92 Å². The van der Waals surface area contributed by atoms with Crippen molar-refractivity contribution in [1.82, 2.24) is 14.9 Å². The van der Waals surface area contributed by atoms with Crippen molar-refractivity contribution in [2.24, 2.45) is 5.92 Å². The van der Waals surface area contributed by atoms with E-state index in [9.17, 15) is 13.2 Å². The van der Waals surface area contributed by atoms with Crippen molar-refractivity contribution >= 4 is 32.4 Å². The lowest BCUT2D eigenvalue weighted by atomic mass is 10.00. The molecule has 0 spiro atoms. The van der Waals surface area contributed by atoms with E-state index in [1.165, 1.54) is 0 Å². The molecule has 1 heterocycles. The number of hydrogen-bond acceptors (Lipinski definition) is 6. The predicted molar refractivity (Wildman–Crippen MR) is 103 cm³/mol. The molecule has 0 saturated heterocycles. The van der Waals surface area contributed by atoms with Gasteiger partial charge in [-0.25, -0.2) is 13.1 Å². The topological polar surface area (TPSA) is 101 Å². The van der Waals surface area contributed by atoms with Gasteiger partial charge in [-0.15, -0.1) is 10.2 Å². The van der Waals surface area contributed by atoms with Gasteiger partial charge in [0.25, 0.3) is 15.9 Å². The van der Waals surface area contributed by atoms with Crippen LogP contribution in [0.2, 0.25) is 0 Å². The van der Waals surface area contributed by atoms with Gasteiger partial charge in [0.15, 0.2) is 0 Å². The number of benzene rings is 1. The molecule has 9 heteroatoms. The summed E-state index contributed by atoms with van der Waals surface area (Å²) in [4.78, 5) is 12.1. The van der Waals surface area contributed by atoms with Gasteiger partial charge in [0.1, 0.15) is 0 Å². The number of unbranched alkanes of at least 4 members (excludes halogenated alkanes) is 1. The van der Waals surface area contributed by atoms with Crippen molar-refractivity contribution in [2.75, 3.05) is 11.9 Å². The summed E-state index contributed by atoms with van der Waals surface area (Å²) < 4.78 is 27.2. The molecule has 0 saturated carbocycles. The van der Waals surface area contributed by atoms with Crippen molar-refractivity contribution in [3.05, 3.63) is 35.9 Å². The van der Waals surface area contributed by atoms with Gasteiger partial charge in [0, 0.05) is 12.1 Å². The molecule has 1 aromatic heterocycles. The maximum atomic E-state index is 12.4. The highest BCUT2D eigenvalue weighted by atomic mass is 32.2. The van der Waals surface area contributed by atoms with Crippen molar-refractivity contribution < 1.29 is 13.2 Å². The van der Waals surface area contributed by atoms with E-state index in [2.05, 4.69) is 34.1 Å². The number of nitrogens with one attached hydrogen (secondary N) is 2. The van der Waals surface area contributed by atoms with E-state index in [0.717, 1.165) is 37.0 Å². The Hall–Kier alpha value is -1.84. The zero-order valence-corrected chi connectivity index (χ0v) is 16.6. The second-order valence-electron chi connectivity index (χ2n) is 5.96. The third-order valence-electron chi connectivity index (χ3n) is 4.00. The van der Waals surface area contributed by atoms with Gasteiger partial charge < -0.3 is 0 Å². The van der Waals surface area contributed by atoms with Gasteiger partial charge in [-0.1, -0.05) is 62.6 Å².